The van der Waals surface area contributed by atoms with Crippen molar-refractivity contribution in [2.24, 2.45) is 0 Å². The van der Waals surface area contributed by atoms with Gasteiger partial charge in [0.2, 0.25) is 0 Å². The zero-order chi connectivity index (χ0) is 17.2. The van der Waals surface area contributed by atoms with Crippen LogP contribution in [0.15, 0.2) is 36.9 Å². The number of amides is 2. The van der Waals surface area contributed by atoms with Crippen molar-refractivity contribution in [3.8, 4) is 0 Å². The number of rotatable bonds is 3. The van der Waals surface area contributed by atoms with Crippen LogP contribution in [0, 0.1) is 0 Å². The Morgan fingerprint density at radius 1 is 1.42 bits per heavy atom. The average Bonchev–Trinajstić information content (AvgIpc) is 3.04. The van der Waals surface area contributed by atoms with Gasteiger partial charge >= 0.3 is 6.03 Å². The van der Waals surface area contributed by atoms with Crippen LogP contribution in [0.1, 0.15) is 18.5 Å². The molecule has 2 aromatic rings. The van der Waals surface area contributed by atoms with E-state index in [1.807, 2.05) is 6.92 Å². The number of aryl methyl sites for hydroxylation is 1. The van der Waals surface area contributed by atoms with Gasteiger partial charge in [-0.1, -0.05) is 0 Å². The Morgan fingerprint density at radius 2 is 2.25 bits per heavy atom. The summed E-state index contributed by atoms with van der Waals surface area (Å²) >= 11 is 0. The lowest BCUT2D eigenvalue weighted by molar-refractivity contribution is 0.195. The molecule has 24 heavy (non-hydrogen) atoms. The van der Waals surface area contributed by atoms with Crippen molar-refractivity contribution in [1.82, 2.24) is 19.7 Å². The van der Waals surface area contributed by atoms with E-state index in [9.17, 15) is 13.2 Å². The van der Waals surface area contributed by atoms with E-state index >= 15 is 0 Å². The van der Waals surface area contributed by atoms with Crippen molar-refractivity contribution in [3.63, 3.8) is 0 Å². The second-order valence-electron chi connectivity index (χ2n) is 5.62. The van der Waals surface area contributed by atoms with Gasteiger partial charge in [-0.25, -0.2) is 13.2 Å². The van der Waals surface area contributed by atoms with Gasteiger partial charge in [-0.2, -0.15) is 5.10 Å². The number of carbonyl (C=O) groups excluding carboxylic acids is 1. The second kappa shape index (κ2) is 6.60. The Bertz CT molecular complexity index is 819. The summed E-state index contributed by atoms with van der Waals surface area (Å²) in [5.74, 6) is -0.130. The van der Waals surface area contributed by atoms with Gasteiger partial charge in [0, 0.05) is 31.0 Å². The van der Waals surface area contributed by atoms with Crippen LogP contribution in [0.2, 0.25) is 0 Å². The number of pyridine rings is 1. The minimum atomic E-state index is -3.19. The highest BCUT2D eigenvalue weighted by molar-refractivity contribution is 7.91. The first-order valence-corrected chi connectivity index (χ1v) is 9.51. The third-order valence-electron chi connectivity index (χ3n) is 3.97. The van der Waals surface area contributed by atoms with Crippen LogP contribution in [0.25, 0.3) is 0 Å². The number of aromatic nitrogens is 3. The molecule has 0 radical (unpaired) electrons. The predicted molar refractivity (Wildman–Crippen MR) is 89.3 cm³/mol. The van der Waals surface area contributed by atoms with E-state index in [4.69, 9.17) is 0 Å². The highest BCUT2D eigenvalue weighted by atomic mass is 32.2. The molecule has 1 atom stereocenters. The Labute approximate surface area is 140 Å². The van der Waals surface area contributed by atoms with E-state index in [0.717, 1.165) is 5.56 Å². The van der Waals surface area contributed by atoms with Crippen LogP contribution in [0.5, 0.6) is 0 Å². The molecule has 2 amide bonds. The molecule has 3 rings (SSSR count). The molecule has 3 heterocycles. The molecule has 0 spiro atoms. The molecule has 2 aromatic heterocycles. The Kier molecular flexibility index (Phi) is 4.52. The Morgan fingerprint density at radius 3 is 2.92 bits per heavy atom. The highest BCUT2D eigenvalue weighted by Gasteiger charge is 2.35. The number of hydrogen-bond acceptors (Lipinski definition) is 5. The molecule has 1 saturated heterocycles. The average molecular weight is 349 g/mol. The number of urea groups is 1. The van der Waals surface area contributed by atoms with Gasteiger partial charge in [0.25, 0.3) is 0 Å². The van der Waals surface area contributed by atoms with Crippen molar-refractivity contribution < 1.29 is 13.2 Å². The summed E-state index contributed by atoms with van der Waals surface area (Å²) in [6, 6.07) is 2.57. The number of sulfone groups is 1. The van der Waals surface area contributed by atoms with Crippen molar-refractivity contribution >= 4 is 21.6 Å². The standard InChI is InChI=1S/C15H19N5O3S/c1-2-19-10-12(8-17-19)14-11-24(22,23)7-6-20(14)15(21)18-13-4-3-5-16-9-13/h3-5,8-10,14H,2,6-7,11H2,1H3,(H,18,21)/t14-/m0/s1. The quantitative estimate of drug-likeness (QED) is 0.901. The summed E-state index contributed by atoms with van der Waals surface area (Å²) in [6.45, 7) is 2.78. The molecule has 0 bridgehead atoms. The summed E-state index contributed by atoms with van der Waals surface area (Å²) < 4.78 is 25.8. The van der Waals surface area contributed by atoms with E-state index in [-0.39, 0.29) is 24.1 Å². The summed E-state index contributed by atoms with van der Waals surface area (Å²) in [7, 11) is -3.19. The van der Waals surface area contributed by atoms with Crippen molar-refractivity contribution in [1.29, 1.82) is 0 Å². The largest absolute Gasteiger partial charge is 0.322 e. The van der Waals surface area contributed by atoms with Crippen molar-refractivity contribution in [2.75, 3.05) is 23.4 Å². The maximum atomic E-state index is 12.6. The maximum absolute atomic E-state index is 12.6. The smallest absolute Gasteiger partial charge is 0.315 e. The monoisotopic (exact) mass is 349 g/mol. The molecule has 1 aliphatic heterocycles. The first kappa shape index (κ1) is 16.4. The molecular weight excluding hydrogens is 330 g/mol. The number of anilines is 1. The van der Waals surface area contributed by atoms with Gasteiger partial charge < -0.3 is 10.2 Å². The van der Waals surface area contributed by atoms with Crippen LogP contribution >= 0.6 is 0 Å². The molecule has 128 valence electrons. The molecule has 8 nitrogen and oxygen atoms in total. The van der Waals surface area contributed by atoms with Crippen LogP contribution in [-0.2, 0) is 16.4 Å². The van der Waals surface area contributed by atoms with Crippen LogP contribution < -0.4 is 5.32 Å². The van der Waals surface area contributed by atoms with Crippen LogP contribution in [-0.4, -0.2) is 52.2 Å². The van der Waals surface area contributed by atoms with E-state index < -0.39 is 15.9 Å². The van der Waals surface area contributed by atoms with Gasteiger partial charge in [0.05, 0.1) is 35.6 Å². The topological polar surface area (TPSA) is 97.2 Å². The lowest BCUT2D eigenvalue weighted by atomic mass is 10.1. The van der Waals surface area contributed by atoms with Gasteiger partial charge in [0.15, 0.2) is 9.84 Å². The van der Waals surface area contributed by atoms with Gasteiger partial charge in [-0.3, -0.25) is 9.67 Å². The molecule has 1 N–H and O–H groups in total. The molecule has 1 aliphatic rings. The van der Waals surface area contributed by atoms with Crippen LogP contribution in [0.3, 0.4) is 0 Å². The van der Waals surface area contributed by atoms with Crippen molar-refractivity contribution in [3.05, 3.63) is 42.5 Å². The fourth-order valence-electron chi connectivity index (χ4n) is 2.68. The normalized spacial score (nSPS) is 19.9. The number of nitrogens with zero attached hydrogens (tertiary/aromatic N) is 4. The lowest BCUT2D eigenvalue weighted by Gasteiger charge is -2.34. The lowest BCUT2D eigenvalue weighted by Crippen LogP contribution is -2.47. The Balaban J connectivity index is 1.84. The third kappa shape index (κ3) is 3.56. The first-order chi connectivity index (χ1) is 11.5. The fourth-order valence-corrected chi connectivity index (χ4v) is 4.18. The van der Waals surface area contributed by atoms with E-state index in [1.165, 1.54) is 0 Å². The predicted octanol–water partition coefficient (Wildman–Crippen LogP) is 1.30. The summed E-state index contributed by atoms with van der Waals surface area (Å²) in [6.07, 6.45) is 6.57. The zero-order valence-electron chi connectivity index (χ0n) is 13.3. The minimum absolute atomic E-state index is 0.0358. The van der Waals surface area contributed by atoms with Crippen molar-refractivity contribution in [2.45, 2.75) is 19.5 Å². The maximum Gasteiger partial charge on any atom is 0.322 e. The van der Waals surface area contributed by atoms with E-state index in [1.54, 1.807) is 46.5 Å². The summed E-state index contributed by atoms with van der Waals surface area (Å²) in [5.41, 5.74) is 1.29. The number of nitrogens with one attached hydrogen (secondary N) is 1. The number of hydrogen-bond donors (Lipinski definition) is 1. The highest BCUT2D eigenvalue weighted by Crippen LogP contribution is 2.27. The molecule has 0 saturated carbocycles. The Hall–Kier alpha value is -2.42. The molecule has 0 aliphatic carbocycles. The minimum Gasteiger partial charge on any atom is -0.315 e. The van der Waals surface area contributed by atoms with E-state index in [0.29, 0.717) is 12.2 Å². The molecule has 1 fully saturated rings. The zero-order valence-corrected chi connectivity index (χ0v) is 14.1. The third-order valence-corrected chi connectivity index (χ3v) is 5.60. The molecular formula is C15H19N5O3S. The molecule has 0 unspecified atom stereocenters. The van der Waals surface area contributed by atoms with E-state index in [2.05, 4.69) is 15.4 Å². The SMILES string of the molecule is CCn1cc([C@@H]2CS(=O)(=O)CCN2C(=O)Nc2cccnc2)cn1. The number of carbonyl (C=O) groups is 1. The fraction of sp³-hybridized carbons (Fsp3) is 0.400. The van der Waals surface area contributed by atoms with Crippen LogP contribution in [0.4, 0.5) is 10.5 Å². The van der Waals surface area contributed by atoms with Gasteiger partial charge in [-0.05, 0) is 19.1 Å². The van der Waals surface area contributed by atoms with Gasteiger partial charge in [-0.15, -0.1) is 0 Å². The first-order valence-electron chi connectivity index (χ1n) is 7.69. The van der Waals surface area contributed by atoms with Gasteiger partial charge in [0.1, 0.15) is 0 Å². The summed E-state index contributed by atoms with van der Waals surface area (Å²) in [5, 5.41) is 6.95. The molecule has 0 aromatic carbocycles. The second-order valence-corrected chi connectivity index (χ2v) is 7.85. The summed E-state index contributed by atoms with van der Waals surface area (Å²) in [4.78, 5) is 18.1. The molecule has 9 heteroatoms.